The second kappa shape index (κ2) is 5.13. The Bertz CT molecular complexity index is 458. The summed E-state index contributed by atoms with van der Waals surface area (Å²) in [6, 6.07) is 0. The van der Waals surface area contributed by atoms with Crippen LogP contribution in [0.2, 0.25) is 0 Å². The van der Waals surface area contributed by atoms with E-state index in [0.29, 0.717) is 17.4 Å². The van der Waals surface area contributed by atoms with Gasteiger partial charge < -0.3 is 10.7 Å². The van der Waals surface area contributed by atoms with E-state index in [9.17, 15) is 4.79 Å². The molecule has 1 aromatic rings. The van der Waals surface area contributed by atoms with Gasteiger partial charge in [-0.25, -0.2) is 10.8 Å². The molecule has 0 aliphatic heterocycles. The van der Waals surface area contributed by atoms with E-state index in [2.05, 4.69) is 20.7 Å². The van der Waals surface area contributed by atoms with E-state index in [1.165, 1.54) is 38.1 Å². The van der Waals surface area contributed by atoms with Crippen molar-refractivity contribution < 1.29 is 4.79 Å². The third-order valence-electron chi connectivity index (χ3n) is 3.97. The van der Waals surface area contributed by atoms with Gasteiger partial charge >= 0.3 is 0 Å². The monoisotopic (exact) mass is 261 g/mol. The summed E-state index contributed by atoms with van der Waals surface area (Å²) in [7, 11) is 0. The molecule has 3 rings (SSSR count). The van der Waals surface area contributed by atoms with E-state index in [4.69, 9.17) is 5.84 Å². The first-order valence-electron chi connectivity index (χ1n) is 6.85. The lowest BCUT2D eigenvalue weighted by atomic mass is 9.98. The molecule has 0 atom stereocenters. The number of rotatable bonds is 6. The Morgan fingerprint density at radius 1 is 1.32 bits per heavy atom. The molecular formula is C13H19N5O. The van der Waals surface area contributed by atoms with Gasteiger partial charge in [0.2, 0.25) is 0 Å². The fourth-order valence-electron chi connectivity index (χ4n) is 2.61. The maximum absolute atomic E-state index is 12.0. The average Bonchev–Trinajstić information content (AvgIpc) is 3.31. The maximum atomic E-state index is 12.0. The molecule has 1 aromatic heterocycles. The molecular weight excluding hydrogens is 242 g/mol. The summed E-state index contributed by atoms with van der Waals surface area (Å²) in [5, 5.41) is 2.98. The van der Waals surface area contributed by atoms with Gasteiger partial charge in [-0.2, -0.15) is 0 Å². The van der Waals surface area contributed by atoms with Gasteiger partial charge in [0.1, 0.15) is 5.69 Å². The zero-order valence-electron chi connectivity index (χ0n) is 10.8. The van der Waals surface area contributed by atoms with E-state index in [1.807, 2.05) is 0 Å². The molecule has 1 heterocycles. The van der Waals surface area contributed by atoms with Gasteiger partial charge in [-0.1, -0.05) is 0 Å². The zero-order valence-corrected chi connectivity index (χ0v) is 10.8. The molecule has 1 amide bonds. The summed E-state index contributed by atoms with van der Waals surface area (Å²) < 4.78 is 0. The molecule has 0 saturated heterocycles. The normalized spacial score (nSPS) is 18.4. The number of nitrogens with one attached hydrogen (secondary N) is 2. The van der Waals surface area contributed by atoms with E-state index in [1.54, 1.807) is 0 Å². The first-order valence-corrected chi connectivity index (χ1v) is 6.85. The first-order chi connectivity index (χ1) is 9.28. The van der Waals surface area contributed by atoms with Gasteiger partial charge in [-0.05, 0) is 43.4 Å². The minimum absolute atomic E-state index is 0.170. The van der Waals surface area contributed by atoms with Crippen molar-refractivity contribution in [3.05, 3.63) is 18.1 Å². The Morgan fingerprint density at radius 3 is 2.58 bits per heavy atom. The van der Waals surface area contributed by atoms with Gasteiger partial charge in [0.05, 0.1) is 12.4 Å². The molecule has 19 heavy (non-hydrogen) atoms. The van der Waals surface area contributed by atoms with Crippen molar-refractivity contribution in [2.45, 2.75) is 25.7 Å². The second-order valence-electron chi connectivity index (χ2n) is 5.48. The van der Waals surface area contributed by atoms with E-state index >= 15 is 0 Å². The van der Waals surface area contributed by atoms with Gasteiger partial charge in [0.25, 0.3) is 5.91 Å². The number of anilines is 1. The van der Waals surface area contributed by atoms with Crippen LogP contribution in [0.1, 0.15) is 36.2 Å². The third kappa shape index (κ3) is 3.01. The molecule has 0 spiro atoms. The number of nitrogens with two attached hydrogens (primary N) is 1. The Hall–Kier alpha value is -1.69. The van der Waals surface area contributed by atoms with Crippen molar-refractivity contribution in [1.29, 1.82) is 0 Å². The van der Waals surface area contributed by atoms with E-state index < -0.39 is 0 Å². The lowest BCUT2D eigenvalue weighted by Crippen LogP contribution is -2.32. The smallest absolute Gasteiger partial charge is 0.271 e. The highest BCUT2D eigenvalue weighted by Crippen LogP contribution is 2.48. The molecule has 0 radical (unpaired) electrons. The number of nitrogen functional groups attached to an aromatic ring is 1. The van der Waals surface area contributed by atoms with Gasteiger partial charge in [-0.3, -0.25) is 9.78 Å². The molecule has 6 heteroatoms. The van der Waals surface area contributed by atoms with Crippen LogP contribution in [0.5, 0.6) is 0 Å². The topological polar surface area (TPSA) is 92.9 Å². The number of amides is 1. The van der Waals surface area contributed by atoms with Crippen LogP contribution in [0.15, 0.2) is 12.4 Å². The van der Waals surface area contributed by atoms with Crippen LogP contribution in [0, 0.1) is 17.8 Å². The fourth-order valence-corrected chi connectivity index (χ4v) is 2.61. The van der Waals surface area contributed by atoms with E-state index in [0.717, 1.165) is 18.4 Å². The number of carbonyl (C=O) groups is 1. The van der Waals surface area contributed by atoms with Crippen molar-refractivity contribution in [2.75, 3.05) is 12.0 Å². The Balaban J connectivity index is 1.57. The van der Waals surface area contributed by atoms with Crippen molar-refractivity contribution in [1.82, 2.24) is 15.3 Å². The summed E-state index contributed by atoms with van der Waals surface area (Å²) in [4.78, 5) is 20.0. The minimum Gasteiger partial charge on any atom is -0.350 e. The average molecular weight is 261 g/mol. The Morgan fingerprint density at radius 2 is 2.00 bits per heavy atom. The van der Waals surface area contributed by atoms with Crippen LogP contribution in [-0.2, 0) is 0 Å². The summed E-state index contributed by atoms with van der Waals surface area (Å²) in [6.45, 7) is 0.760. The van der Waals surface area contributed by atoms with Crippen LogP contribution >= 0.6 is 0 Å². The lowest BCUT2D eigenvalue weighted by molar-refractivity contribution is 0.0938. The van der Waals surface area contributed by atoms with Crippen LogP contribution < -0.4 is 16.6 Å². The lowest BCUT2D eigenvalue weighted by Gasteiger charge is -2.15. The molecule has 2 aliphatic rings. The molecule has 6 nitrogen and oxygen atoms in total. The molecule has 0 aromatic carbocycles. The first kappa shape index (κ1) is 12.3. The minimum atomic E-state index is -0.170. The fraction of sp³-hybridized carbons (Fsp3) is 0.615. The van der Waals surface area contributed by atoms with Crippen LogP contribution in [0.4, 0.5) is 5.82 Å². The third-order valence-corrected chi connectivity index (χ3v) is 3.97. The van der Waals surface area contributed by atoms with Gasteiger partial charge in [0, 0.05) is 6.54 Å². The molecule has 2 aliphatic carbocycles. The Labute approximate surface area is 112 Å². The molecule has 0 bridgehead atoms. The number of carbonyl (C=O) groups excluding carboxylic acids is 1. The Kier molecular flexibility index (Phi) is 3.33. The maximum Gasteiger partial charge on any atom is 0.271 e. The highest BCUT2D eigenvalue weighted by atomic mass is 16.1. The van der Waals surface area contributed by atoms with Crippen LogP contribution in [0.3, 0.4) is 0 Å². The number of nitrogens with zero attached hydrogens (tertiary/aromatic N) is 2. The van der Waals surface area contributed by atoms with Crippen molar-refractivity contribution >= 4 is 11.7 Å². The SMILES string of the molecule is NNc1cncc(C(=O)NCC(C2CC2)C2CC2)n1. The molecule has 0 unspecified atom stereocenters. The molecule has 2 fully saturated rings. The highest BCUT2D eigenvalue weighted by Gasteiger charge is 2.41. The summed E-state index contributed by atoms with van der Waals surface area (Å²) in [5.74, 6) is 7.80. The summed E-state index contributed by atoms with van der Waals surface area (Å²) in [5.41, 5.74) is 2.70. The van der Waals surface area contributed by atoms with Crippen molar-refractivity contribution in [3.8, 4) is 0 Å². The number of hydrogen-bond donors (Lipinski definition) is 3. The standard InChI is InChI=1S/C13H19N5O/c14-18-12-7-15-6-11(17-12)13(19)16-5-10(8-1-2-8)9-3-4-9/h6-10H,1-5,14H2,(H,16,19)(H,17,18). The molecule has 2 saturated carbocycles. The van der Waals surface area contributed by atoms with Gasteiger partial charge in [0.15, 0.2) is 5.82 Å². The molecule has 4 N–H and O–H groups in total. The van der Waals surface area contributed by atoms with E-state index in [-0.39, 0.29) is 5.91 Å². The summed E-state index contributed by atoms with van der Waals surface area (Å²) >= 11 is 0. The predicted molar refractivity (Wildman–Crippen MR) is 71.1 cm³/mol. The van der Waals surface area contributed by atoms with Crippen LogP contribution in [-0.4, -0.2) is 22.4 Å². The number of aromatic nitrogens is 2. The highest BCUT2D eigenvalue weighted by molar-refractivity contribution is 5.92. The quantitative estimate of drug-likeness (QED) is 0.523. The predicted octanol–water partition coefficient (Wildman–Crippen LogP) is 0.928. The van der Waals surface area contributed by atoms with Gasteiger partial charge in [-0.15, -0.1) is 0 Å². The van der Waals surface area contributed by atoms with Crippen LogP contribution in [0.25, 0.3) is 0 Å². The zero-order chi connectivity index (χ0) is 13.2. The second-order valence-corrected chi connectivity index (χ2v) is 5.48. The largest absolute Gasteiger partial charge is 0.350 e. The number of hydrazine groups is 1. The van der Waals surface area contributed by atoms with Crippen molar-refractivity contribution in [2.24, 2.45) is 23.6 Å². The number of hydrogen-bond acceptors (Lipinski definition) is 5. The van der Waals surface area contributed by atoms with Crippen molar-refractivity contribution in [3.63, 3.8) is 0 Å². The summed E-state index contributed by atoms with van der Waals surface area (Å²) in [6.07, 6.45) is 8.23. The molecule has 102 valence electrons.